The molecule has 0 spiro atoms. The molecule has 0 radical (unpaired) electrons. The van der Waals surface area contributed by atoms with E-state index in [2.05, 4.69) is 18.2 Å². The Bertz CT molecular complexity index is 713. The van der Waals surface area contributed by atoms with Gasteiger partial charge in [0, 0.05) is 23.4 Å². The van der Waals surface area contributed by atoms with Crippen molar-refractivity contribution < 1.29 is 9.53 Å². The SMILES string of the molecule is COc1ccc(C23SCCN2C(=O)c2ccccc23)cc1. The van der Waals surface area contributed by atoms with Gasteiger partial charge < -0.3 is 9.64 Å². The van der Waals surface area contributed by atoms with Crippen LogP contribution in [0.2, 0.25) is 0 Å². The Morgan fingerprint density at radius 2 is 1.90 bits per heavy atom. The highest BCUT2D eigenvalue weighted by molar-refractivity contribution is 8.00. The van der Waals surface area contributed by atoms with Crippen molar-refractivity contribution in [1.29, 1.82) is 0 Å². The molecule has 1 amide bonds. The Hall–Kier alpha value is -1.94. The minimum absolute atomic E-state index is 0.145. The molecule has 4 heteroatoms. The van der Waals surface area contributed by atoms with E-state index in [1.165, 1.54) is 0 Å². The number of carbonyl (C=O) groups excluding carboxylic acids is 1. The molecular formula is C17H15NO2S. The van der Waals surface area contributed by atoms with Gasteiger partial charge in [0.15, 0.2) is 0 Å². The number of fused-ring (bicyclic) bond motifs is 3. The molecule has 0 N–H and O–H groups in total. The van der Waals surface area contributed by atoms with Crippen molar-refractivity contribution in [2.45, 2.75) is 4.87 Å². The first kappa shape index (κ1) is 12.8. The molecule has 2 aliphatic rings. The predicted octanol–water partition coefficient (Wildman–Crippen LogP) is 3.10. The van der Waals surface area contributed by atoms with Crippen molar-refractivity contribution in [2.75, 3.05) is 19.4 Å². The average Bonchev–Trinajstić information content (AvgIpc) is 3.08. The largest absolute Gasteiger partial charge is 0.497 e. The van der Waals surface area contributed by atoms with Crippen molar-refractivity contribution in [3.05, 3.63) is 65.2 Å². The van der Waals surface area contributed by atoms with E-state index >= 15 is 0 Å². The summed E-state index contributed by atoms with van der Waals surface area (Å²) >= 11 is 1.84. The van der Waals surface area contributed by atoms with Crippen molar-refractivity contribution in [2.24, 2.45) is 0 Å². The van der Waals surface area contributed by atoms with E-state index in [1.54, 1.807) is 7.11 Å². The Kier molecular flexibility index (Phi) is 2.76. The van der Waals surface area contributed by atoms with Gasteiger partial charge in [-0.2, -0.15) is 0 Å². The number of nitrogens with zero attached hydrogens (tertiary/aromatic N) is 1. The van der Waals surface area contributed by atoms with Crippen LogP contribution < -0.4 is 4.74 Å². The van der Waals surface area contributed by atoms with Crippen LogP contribution in [0.5, 0.6) is 5.75 Å². The third-order valence-corrected chi connectivity index (χ3v) is 5.74. The van der Waals surface area contributed by atoms with Gasteiger partial charge in [0.1, 0.15) is 10.6 Å². The number of hydrogen-bond donors (Lipinski definition) is 0. The van der Waals surface area contributed by atoms with Gasteiger partial charge in [-0.3, -0.25) is 4.79 Å². The zero-order valence-electron chi connectivity index (χ0n) is 11.7. The van der Waals surface area contributed by atoms with Crippen LogP contribution in [0.15, 0.2) is 48.5 Å². The number of carbonyl (C=O) groups is 1. The number of amides is 1. The van der Waals surface area contributed by atoms with E-state index in [0.29, 0.717) is 0 Å². The third kappa shape index (κ3) is 1.59. The van der Waals surface area contributed by atoms with Gasteiger partial charge in [-0.05, 0) is 23.8 Å². The fourth-order valence-corrected chi connectivity index (χ4v) is 4.85. The van der Waals surface area contributed by atoms with Gasteiger partial charge in [0.25, 0.3) is 5.91 Å². The molecule has 106 valence electrons. The number of thioether (sulfide) groups is 1. The summed E-state index contributed by atoms with van der Waals surface area (Å²) < 4.78 is 5.24. The molecule has 0 bridgehead atoms. The van der Waals surface area contributed by atoms with Gasteiger partial charge >= 0.3 is 0 Å². The van der Waals surface area contributed by atoms with Crippen LogP contribution in [0.25, 0.3) is 0 Å². The quantitative estimate of drug-likeness (QED) is 0.853. The highest BCUT2D eigenvalue weighted by Gasteiger charge is 2.54. The molecule has 4 rings (SSSR count). The van der Waals surface area contributed by atoms with Gasteiger partial charge in [-0.25, -0.2) is 0 Å². The molecule has 2 aromatic rings. The van der Waals surface area contributed by atoms with Crippen LogP contribution in [0.4, 0.5) is 0 Å². The first-order chi connectivity index (χ1) is 10.3. The lowest BCUT2D eigenvalue weighted by Crippen LogP contribution is -2.37. The van der Waals surface area contributed by atoms with Crippen molar-refractivity contribution >= 4 is 17.7 Å². The first-order valence-corrected chi connectivity index (χ1v) is 7.96. The van der Waals surface area contributed by atoms with Gasteiger partial charge in [-0.15, -0.1) is 11.8 Å². The van der Waals surface area contributed by atoms with E-state index in [-0.39, 0.29) is 10.8 Å². The lowest BCUT2D eigenvalue weighted by molar-refractivity contribution is 0.0752. The van der Waals surface area contributed by atoms with Crippen LogP contribution in [-0.2, 0) is 4.87 Å². The molecule has 2 heterocycles. The number of hydrogen-bond acceptors (Lipinski definition) is 3. The smallest absolute Gasteiger partial charge is 0.255 e. The molecule has 1 atom stereocenters. The monoisotopic (exact) mass is 297 g/mol. The molecule has 0 aromatic heterocycles. The summed E-state index contributed by atoms with van der Waals surface area (Å²) in [6.45, 7) is 0.796. The Balaban J connectivity index is 1.93. The highest BCUT2D eigenvalue weighted by atomic mass is 32.2. The summed E-state index contributed by atoms with van der Waals surface area (Å²) in [7, 11) is 1.66. The Labute approximate surface area is 127 Å². The van der Waals surface area contributed by atoms with Gasteiger partial charge in [-0.1, -0.05) is 30.3 Å². The Morgan fingerprint density at radius 3 is 2.67 bits per heavy atom. The molecule has 2 aliphatic heterocycles. The van der Waals surface area contributed by atoms with E-state index in [1.807, 2.05) is 47.0 Å². The molecule has 1 unspecified atom stereocenters. The van der Waals surface area contributed by atoms with Crippen LogP contribution in [0.3, 0.4) is 0 Å². The summed E-state index contributed by atoms with van der Waals surface area (Å²) in [6, 6.07) is 16.0. The second-order valence-corrected chi connectivity index (χ2v) is 6.51. The average molecular weight is 297 g/mol. The van der Waals surface area contributed by atoms with Gasteiger partial charge in [0.05, 0.1) is 7.11 Å². The zero-order valence-corrected chi connectivity index (χ0v) is 12.5. The fourth-order valence-electron chi connectivity index (χ4n) is 3.31. The lowest BCUT2D eigenvalue weighted by Gasteiger charge is -2.32. The van der Waals surface area contributed by atoms with Crippen LogP contribution in [0.1, 0.15) is 21.5 Å². The molecule has 0 aliphatic carbocycles. The number of benzene rings is 2. The van der Waals surface area contributed by atoms with Crippen LogP contribution in [0, 0.1) is 0 Å². The second kappa shape index (κ2) is 4.53. The molecular weight excluding hydrogens is 282 g/mol. The molecule has 1 saturated heterocycles. The maximum absolute atomic E-state index is 12.7. The van der Waals surface area contributed by atoms with E-state index in [0.717, 1.165) is 34.7 Å². The maximum Gasteiger partial charge on any atom is 0.255 e. The van der Waals surface area contributed by atoms with E-state index < -0.39 is 0 Å². The standard InChI is InChI=1S/C17H15NO2S/c1-20-13-8-6-12(7-9-13)17-15-5-3-2-4-14(15)16(19)18(17)10-11-21-17/h2-9H,10-11H2,1H3. The zero-order chi connectivity index (χ0) is 14.4. The van der Waals surface area contributed by atoms with Crippen molar-refractivity contribution in [3.63, 3.8) is 0 Å². The first-order valence-electron chi connectivity index (χ1n) is 6.97. The number of methoxy groups -OCH3 is 1. The highest BCUT2D eigenvalue weighted by Crippen LogP contribution is 2.55. The minimum Gasteiger partial charge on any atom is -0.497 e. The summed E-state index contributed by atoms with van der Waals surface area (Å²) in [4.78, 5) is 14.3. The summed E-state index contributed by atoms with van der Waals surface area (Å²) in [5.41, 5.74) is 3.09. The molecule has 21 heavy (non-hydrogen) atoms. The normalized spacial score (nSPS) is 23.1. The fraction of sp³-hybridized carbons (Fsp3) is 0.235. The summed E-state index contributed by atoms with van der Waals surface area (Å²) in [6.07, 6.45) is 0. The van der Waals surface area contributed by atoms with Gasteiger partial charge in [0.2, 0.25) is 0 Å². The predicted molar refractivity (Wildman–Crippen MR) is 83.7 cm³/mol. The number of rotatable bonds is 2. The lowest BCUT2D eigenvalue weighted by atomic mass is 9.97. The van der Waals surface area contributed by atoms with Crippen LogP contribution in [-0.4, -0.2) is 30.2 Å². The van der Waals surface area contributed by atoms with Crippen LogP contribution >= 0.6 is 11.8 Å². The van der Waals surface area contributed by atoms with E-state index in [9.17, 15) is 4.79 Å². The minimum atomic E-state index is -0.361. The Morgan fingerprint density at radius 1 is 1.14 bits per heavy atom. The van der Waals surface area contributed by atoms with Crippen molar-refractivity contribution in [1.82, 2.24) is 4.90 Å². The number of ether oxygens (including phenoxy) is 1. The molecule has 0 saturated carbocycles. The third-order valence-electron chi connectivity index (χ3n) is 4.25. The molecule has 3 nitrogen and oxygen atoms in total. The van der Waals surface area contributed by atoms with E-state index in [4.69, 9.17) is 4.74 Å². The summed E-state index contributed by atoms with van der Waals surface area (Å²) in [5.74, 6) is 1.94. The molecule has 2 aromatic carbocycles. The summed E-state index contributed by atoms with van der Waals surface area (Å²) in [5, 5.41) is 0. The van der Waals surface area contributed by atoms with Crippen molar-refractivity contribution in [3.8, 4) is 5.75 Å². The topological polar surface area (TPSA) is 29.5 Å². The molecule has 1 fully saturated rings. The second-order valence-electron chi connectivity index (χ2n) is 5.22. The maximum atomic E-state index is 12.7.